The molecule has 2 aliphatic rings. The number of carbonyl (C=O) groups is 1. The molecule has 0 aromatic rings. The standard InChI is InChI=1S/C12H23N3O/c16-12(15-8-1-2-9-15)5-7-13-10-11-4-3-6-14-11/h11,13-14H,1-10H2. The van der Waals surface area contributed by atoms with Gasteiger partial charge in [-0.15, -0.1) is 0 Å². The van der Waals surface area contributed by atoms with Gasteiger partial charge in [-0.25, -0.2) is 0 Å². The molecule has 4 nitrogen and oxygen atoms in total. The van der Waals surface area contributed by atoms with Crippen LogP contribution in [-0.2, 0) is 4.79 Å². The van der Waals surface area contributed by atoms with Gasteiger partial charge in [-0.3, -0.25) is 4.79 Å². The number of hydrogen-bond acceptors (Lipinski definition) is 3. The second-order valence-electron chi connectivity index (χ2n) is 4.84. The molecule has 2 rings (SSSR count). The van der Waals surface area contributed by atoms with Crippen LogP contribution in [0.2, 0.25) is 0 Å². The first-order valence-electron chi connectivity index (χ1n) is 6.58. The van der Waals surface area contributed by atoms with Crippen LogP contribution in [0.5, 0.6) is 0 Å². The predicted molar refractivity (Wildman–Crippen MR) is 64.3 cm³/mol. The van der Waals surface area contributed by atoms with Gasteiger partial charge in [0.25, 0.3) is 0 Å². The molecule has 1 amide bonds. The highest BCUT2D eigenvalue weighted by molar-refractivity contribution is 5.76. The van der Waals surface area contributed by atoms with Gasteiger partial charge in [-0.1, -0.05) is 0 Å². The molecule has 4 heteroatoms. The summed E-state index contributed by atoms with van der Waals surface area (Å²) in [6.07, 6.45) is 5.59. The third-order valence-electron chi connectivity index (χ3n) is 3.53. The van der Waals surface area contributed by atoms with E-state index in [1.54, 1.807) is 0 Å². The van der Waals surface area contributed by atoms with Crippen molar-refractivity contribution in [3.8, 4) is 0 Å². The van der Waals surface area contributed by atoms with E-state index in [0.29, 0.717) is 18.4 Å². The van der Waals surface area contributed by atoms with Gasteiger partial charge >= 0.3 is 0 Å². The highest BCUT2D eigenvalue weighted by Gasteiger charge is 2.17. The van der Waals surface area contributed by atoms with Crippen molar-refractivity contribution in [2.24, 2.45) is 0 Å². The van der Waals surface area contributed by atoms with Crippen LogP contribution in [0.25, 0.3) is 0 Å². The lowest BCUT2D eigenvalue weighted by molar-refractivity contribution is -0.130. The second-order valence-corrected chi connectivity index (χ2v) is 4.84. The Morgan fingerprint density at radius 3 is 2.81 bits per heavy atom. The number of hydrogen-bond donors (Lipinski definition) is 2. The van der Waals surface area contributed by atoms with E-state index in [9.17, 15) is 4.79 Å². The Kier molecular flexibility index (Phi) is 4.60. The summed E-state index contributed by atoms with van der Waals surface area (Å²) in [5, 5.41) is 6.81. The van der Waals surface area contributed by atoms with Crippen LogP contribution < -0.4 is 10.6 Å². The summed E-state index contributed by atoms with van der Waals surface area (Å²) in [4.78, 5) is 13.7. The van der Waals surface area contributed by atoms with Crippen molar-refractivity contribution in [3.05, 3.63) is 0 Å². The Morgan fingerprint density at radius 1 is 1.31 bits per heavy atom. The molecular formula is C12H23N3O. The largest absolute Gasteiger partial charge is 0.343 e. The highest BCUT2D eigenvalue weighted by atomic mass is 16.2. The number of carbonyl (C=O) groups excluding carboxylic acids is 1. The summed E-state index contributed by atoms with van der Waals surface area (Å²) in [5.74, 6) is 0.324. The minimum atomic E-state index is 0.324. The van der Waals surface area contributed by atoms with E-state index >= 15 is 0 Å². The Balaban J connectivity index is 1.51. The number of nitrogens with one attached hydrogen (secondary N) is 2. The average Bonchev–Trinajstić information content (AvgIpc) is 2.96. The highest BCUT2D eigenvalue weighted by Crippen LogP contribution is 2.08. The molecular weight excluding hydrogens is 202 g/mol. The monoisotopic (exact) mass is 225 g/mol. The molecule has 0 spiro atoms. The first kappa shape index (κ1) is 11.9. The van der Waals surface area contributed by atoms with Crippen molar-refractivity contribution in [2.45, 2.75) is 38.1 Å². The van der Waals surface area contributed by atoms with Crippen molar-refractivity contribution in [1.29, 1.82) is 0 Å². The first-order valence-corrected chi connectivity index (χ1v) is 6.58. The Morgan fingerprint density at radius 2 is 2.12 bits per heavy atom. The third kappa shape index (κ3) is 3.46. The SMILES string of the molecule is O=C(CCNCC1CCCN1)N1CCCC1. The van der Waals surface area contributed by atoms with Crippen molar-refractivity contribution < 1.29 is 4.79 Å². The number of rotatable bonds is 5. The van der Waals surface area contributed by atoms with Gasteiger partial charge in [-0.05, 0) is 32.2 Å². The van der Waals surface area contributed by atoms with E-state index in [4.69, 9.17) is 0 Å². The van der Waals surface area contributed by atoms with Crippen LogP contribution in [-0.4, -0.2) is 49.6 Å². The molecule has 2 heterocycles. The summed E-state index contributed by atoms with van der Waals surface area (Å²) in [7, 11) is 0. The molecule has 16 heavy (non-hydrogen) atoms. The van der Waals surface area contributed by atoms with Crippen molar-refractivity contribution >= 4 is 5.91 Å². The zero-order valence-electron chi connectivity index (χ0n) is 10.0. The van der Waals surface area contributed by atoms with E-state index in [0.717, 1.165) is 32.7 Å². The zero-order chi connectivity index (χ0) is 11.2. The van der Waals surface area contributed by atoms with Crippen LogP contribution >= 0.6 is 0 Å². The molecule has 0 radical (unpaired) electrons. The molecule has 1 atom stereocenters. The minimum Gasteiger partial charge on any atom is -0.343 e. The lowest BCUT2D eigenvalue weighted by atomic mass is 10.2. The Bertz CT molecular complexity index is 220. The molecule has 2 saturated heterocycles. The van der Waals surface area contributed by atoms with Crippen LogP contribution in [0.3, 0.4) is 0 Å². The fourth-order valence-corrected chi connectivity index (χ4v) is 2.53. The maximum absolute atomic E-state index is 11.7. The first-order chi connectivity index (χ1) is 7.86. The zero-order valence-corrected chi connectivity index (χ0v) is 10.0. The summed E-state index contributed by atoms with van der Waals surface area (Å²) in [6, 6.07) is 0.627. The van der Waals surface area contributed by atoms with Crippen molar-refractivity contribution in [2.75, 3.05) is 32.7 Å². The summed E-state index contributed by atoms with van der Waals surface area (Å²) < 4.78 is 0. The summed E-state index contributed by atoms with van der Waals surface area (Å²) >= 11 is 0. The van der Waals surface area contributed by atoms with E-state index < -0.39 is 0 Å². The van der Waals surface area contributed by atoms with Gasteiger partial charge in [0.05, 0.1) is 0 Å². The third-order valence-corrected chi connectivity index (χ3v) is 3.53. The molecule has 1 unspecified atom stereocenters. The van der Waals surface area contributed by atoms with Gasteiger partial charge in [0.1, 0.15) is 0 Å². The lowest BCUT2D eigenvalue weighted by Gasteiger charge is -2.16. The smallest absolute Gasteiger partial charge is 0.223 e. The van der Waals surface area contributed by atoms with Gasteiger partial charge in [-0.2, -0.15) is 0 Å². The van der Waals surface area contributed by atoms with Crippen LogP contribution in [0.15, 0.2) is 0 Å². The maximum atomic E-state index is 11.7. The predicted octanol–water partition coefficient (Wildman–Crippen LogP) is 0.341. The number of amides is 1. The molecule has 2 N–H and O–H groups in total. The molecule has 2 fully saturated rings. The van der Waals surface area contributed by atoms with Gasteiger partial charge in [0, 0.05) is 38.6 Å². The molecule has 0 bridgehead atoms. The van der Waals surface area contributed by atoms with Crippen LogP contribution in [0.1, 0.15) is 32.1 Å². The molecule has 0 saturated carbocycles. The van der Waals surface area contributed by atoms with Crippen molar-refractivity contribution in [1.82, 2.24) is 15.5 Å². The van der Waals surface area contributed by atoms with Gasteiger partial charge in [0.15, 0.2) is 0 Å². The fraction of sp³-hybridized carbons (Fsp3) is 0.917. The maximum Gasteiger partial charge on any atom is 0.223 e. The van der Waals surface area contributed by atoms with Gasteiger partial charge < -0.3 is 15.5 Å². The Labute approximate surface area is 97.8 Å². The number of nitrogens with zero attached hydrogens (tertiary/aromatic N) is 1. The normalized spacial score (nSPS) is 25.2. The molecule has 2 aliphatic heterocycles. The fourth-order valence-electron chi connectivity index (χ4n) is 2.53. The molecule has 92 valence electrons. The van der Waals surface area contributed by atoms with E-state index in [1.807, 2.05) is 4.90 Å². The van der Waals surface area contributed by atoms with E-state index in [-0.39, 0.29) is 0 Å². The summed E-state index contributed by atoms with van der Waals surface area (Å²) in [5.41, 5.74) is 0. The van der Waals surface area contributed by atoms with Crippen molar-refractivity contribution in [3.63, 3.8) is 0 Å². The second kappa shape index (κ2) is 6.21. The average molecular weight is 225 g/mol. The van der Waals surface area contributed by atoms with Crippen LogP contribution in [0, 0.1) is 0 Å². The van der Waals surface area contributed by atoms with Crippen LogP contribution in [0.4, 0.5) is 0 Å². The quantitative estimate of drug-likeness (QED) is 0.663. The summed E-state index contributed by atoms with van der Waals surface area (Å²) in [6.45, 7) is 4.94. The molecule has 0 aliphatic carbocycles. The Hall–Kier alpha value is -0.610. The van der Waals surface area contributed by atoms with E-state index in [1.165, 1.54) is 25.7 Å². The molecule has 0 aromatic heterocycles. The minimum absolute atomic E-state index is 0.324. The lowest BCUT2D eigenvalue weighted by Crippen LogP contribution is -2.36. The molecule has 0 aromatic carbocycles. The number of likely N-dealkylation sites (tertiary alicyclic amines) is 1. The topological polar surface area (TPSA) is 44.4 Å². The van der Waals surface area contributed by atoms with Gasteiger partial charge in [0.2, 0.25) is 5.91 Å². The van der Waals surface area contributed by atoms with E-state index in [2.05, 4.69) is 10.6 Å².